The molecule has 0 atom stereocenters. The van der Waals surface area contributed by atoms with Gasteiger partial charge in [0.05, 0.1) is 0 Å². The molecule has 66 valence electrons. The molecule has 0 fully saturated rings. The van der Waals surface area contributed by atoms with E-state index in [4.69, 9.17) is 5.73 Å². The highest BCUT2D eigenvalue weighted by Gasteiger charge is 2.05. The van der Waals surface area contributed by atoms with Crippen molar-refractivity contribution in [3.05, 3.63) is 11.8 Å². The Morgan fingerprint density at radius 2 is 2.23 bits per heavy atom. The Balaban J connectivity index is 2.75. The second kappa shape index (κ2) is 2.72. The zero-order valence-corrected chi connectivity index (χ0v) is 7.65. The van der Waals surface area contributed by atoms with Gasteiger partial charge in [0.15, 0.2) is 5.65 Å². The first-order valence-corrected chi connectivity index (χ1v) is 4.19. The molecule has 0 saturated carbocycles. The second-order valence-electron chi connectivity index (χ2n) is 2.91. The van der Waals surface area contributed by atoms with Gasteiger partial charge in [-0.3, -0.25) is 0 Å². The van der Waals surface area contributed by atoms with Gasteiger partial charge in [-0.2, -0.15) is 9.61 Å². The zero-order chi connectivity index (χ0) is 9.42. The fraction of sp³-hybridized carbons (Fsp3) is 0.286. The van der Waals surface area contributed by atoms with E-state index in [0.717, 1.165) is 24.3 Å². The first-order valence-electron chi connectivity index (χ1n) is 4.19. The lowest BCUT2D eigenvalue weighted by molar-refractivity contribution is 0.938. The lowest BCUT2D eigenvalue weighted by atomic mass is 9.82. The summed E-state index contributed by atoms with van der Waals surface area (Å²) in [7, 11) is 0.806. The average molecular weight is 175 g/mol. The van der Waals surface area contributed by atoms with Crippen LogP contribution in [-0.4, -0.2) is 26.9 Å². The van der Waals surface area contributed by atoms with E-state index in [1.54, 1.807) is 4.52 Å². The molecule has 2 N–H and O–H groups in total. The normalized spacial score (nSPS) is 10.6. The molecule has 0 unspecified atom stereocenters. The summed E-state index contributed by atoms with van der Waals surface area (Å²) in [6.45, 7) is 3.89. The SMILES string of the molecule is CBc1nc2cc(C)nc(N)n2n1. The highest BCUT2D eigenvalue weighted by molar-refractivity contribution is 6.49. The maximum absolute atomic E-state index is 5.67. The van der Waals surface area contributed by atoms with Crippen LogP contribution in [0.5, 0.6) is 0 Å². The van der Waals surface area contributed by atoms with Crippen LogP contribution in [0, 0.1) is 6.92 Å². The predicted molar refractivity (Wildman–Crippen MR) is 52.6 cm³/mol. The van der Waals surface area contributed by atoms with Crippen LogP contribution in [0.2, 0.25) is 6.82 Å². The molecular formula is C7H10BN5. The molecule has 0 bridgehead atoms. The largest absolute Gasteiger partial charge is 0.368 e. The number of hydrogen-bond donors (Lipinski definition) is 1. The van der Waals surface area contributed by atoms with Crippen molar-refractivity contribution in [2.45, 2.75) is 13.7 Å². The van der Waals surface area contributed by atoms with Crippen molar-refractivity contribution in [2.24, 2.45) is 0 Å². The highest BCUT2D eigenvalue weighted by Crippen LogP contribution is 2.03. The number of aromatic nitrogens is 4. The smallest absolute Gasteiger partial charge is 0.223 e. The van der Waals surface area contributed by atoms with Gasteiger partial charge in [0, 0.05) is 11.8 Å². The van der Waals surface area contributed by atoms with Crippen molar-refractivity contribution < 1.29 is 0 Å². The Kier molecular flexibility index (Phi) is 1.68. The minimum Gasteiger partial charge on any atom is -0.368 e. The van der Waals surface area contributed by atoms with E-state index in [0.29, 0.717) is 5.95 Å². The van der Waals surface area contributed by atoms with Gasteiger partial charge >= 0.3 is 0 Å². The van der Waals surface area contributed by atoms with Gasteiger partial charge in [-0.05, 0) is 6.92 Å². The van der Waals surface area contributed by atoms with Gasteiger partial charge in [0.25, 0.3) is 0 Å². The molecule has 0 radical (unpaired) electrons. The summed E-state index contributed by atoms with van der Waals surface area (Å²) < 4.78 is 1.56. The first-order chi connectivity index (χ1) is 6.20. The first kappa shape index (κ1) is 8.03. The lowest BCUT2D eigenvalue weighted by Gasteiger charge is -1.96. The molecule has 2 heterocycles. The van der Waals surface area contributed by atoms with E-state index in [2.05, 4.69) is 15.1 Å². The van der Waals surface area contributed by atoms with Gasteiger partial charge in [-0.25, -0.2) is 9.97 Å². The fourth-order valence-corrected chi connectivity index (χ4v) is 1.23. The van der Waals surface area contributed by atoms with Crippen LogP contribution in [-0.2, 0) is 0 Å². The number of fused-ring (bicyclic) bond motifs is 1. The van der Waals surface area contributed by atoms with E-state index in [1.807, 2.05) is 19.8 Å². The average Bonchev–Trinajstić information content (AvgIpc) is 2.47. The van der Waals surface area contributed by atoms with E-state index in [-0.39, 0.29) is 0 Å². The molecule has 5 nitrogen and oxygen atoms in total. The molecule has 0 aliphatic heterocycles. The van der Waals surface area contributed by atoms with Crippen LogP contribution in [0.25, 0.3) is 5.65 Å². The quantitative estimate of drug-likeness (QED) is 0.571. The van der Waals surface area contributed by atoms with E-state index < -0.39 is 0 Å². The van der Waals surface area contributed by atoms with Crippen LogP contribution in [0.15, 0.2) is 6.07 Å². The predicted octanol–water partition coefficient (Wildman–Crippen LogP) is -0.875. The summed E-state index contributed by atoms with van der Waals surface area (Å²) in [5, 5.41) is 4.19. The minimum absolute atomic E-state index is 0.391. The summed E-state index contributed by atoms with van der Waals surface area (Å²) in [6.07, 6.45) is 0. The Morgan fingerprint density at radius 3 is 2.92 bits per heavy atom. The highest BCUT2D eigenvalue weighted by atomic mass is 15.3. The van der Waals surface area contributed by atoms with E-state index in [1.165, 1.54) is 0 Å². The maximum Gasteiger partial charge on any atom is 0.223 e. The third-order valence-electron chi connectivity index (χ3n) is 1.84. The summed E-state index contributed by atoms with van der Waals surface area (Å²) in [5.41, 5.74) is 8.09. The van der Waals surface area contributed by atoms with Crippen molar-refractivity contribution in [1.29, 1.82) is 0 Å². The Labute approximate surface area is 76.2 Å². The Hall–Kier alpha value is -1.59. The fourth-order valence-electron chi connectivity index (χ4n) is 1.23. The molecule has 0 saturated heterocycles. The molecular weight excluding hydrogens is 165 g/mol. The number of nitrogen functional groups attached to an aromatic ring is 1. The van der Waals surface area contributed by atoms with Crippen molar-refractivity contribution in [2.75, 3.05) is 5.73 Å². The second-order valence-corrected chi connectivity index (χ2v) is 2.91. The molecule has 0 amide bonds. The van der Waals surface area contributed by atoms with Gasteiger partial charge in [-0.15, -0.1) is 0 Å². The molecule has 2 rings (SSSR count). The van der Waals surface area contributed by atoms with E-state index in [9.17, 15) is 0 Å². The molecule has 2 aromatic rings. The van der Waals surface area contributed by atoms with Gasteiger partial charge < -0.3 is 5.73 Å². The van der Waals surface area contributed by atoms with Crippen molar-refractivity contribution in [3.63, 3.8) is 0 Å². The van der Waals surface area contributed by atoms with Crippen molar-refractivity contribution in [3.8, 4) is 0 Å². The van der Waals surface area contributed by atoms with Gasteiger partial charge in [0.2, 0.25) is 13.2 Å². The van der Waals surface area contributed by atoms with Crippen LogP contribution in [0.4, 0.5) is 5.95 Å². The Bertz CT molecular complexity index is 449. The zero-order valence-electron chi connectivity index (χ0n) is 7.65. The van der Waals surface area contributed by atoms with Crippen LogP contribution in [0.3, 0.4) is 0 Å². The molecule has 0 aliphatic rings. The third kappa shape index (κ3) is 1.24. The third-order valence-corrected chi connectivity index (χ3v) is 1.84. The van der Waals surface area contributed by atoms with Crippen molar-refractivity contribution >= 4 is 24.6 Å². The number of aryl methyl sites for hydroxylation is 1. The van der Waals surface area contributed by atoms with Gasteiger partial charge in [-0.1, -0.05) is 6.82 Å². The molecule has 0 aliphatic carbocycles. The monoisotopic (exact) mass is 175 g/mol. The molecule has 6 heteroatoms. The van der Waals surface area contributed by atoms with Crippen LogP contribution < -0.4 is 11.5 Å². The van der Waals surface area contributed by atoms with Crippen molar-refractivity contribution in [1.82, 2.24) is 19.6 Å². The molecule has 0 spiro atoms. The number of nitrogens with zero attached hydrogens (tertiary/aromatic N) is 4. The Morgan fingerprint density at radius 1 is 1.46 bits per heavy atom. The van der Waals surface area contributed by atoms with E-state index >= 15 is 0 Å². The number of nitrogens with two attached hydrogens (primary N) is 1. The molecule has 0 aromatic carbocycles. The standard InChI is InChI=1S/C7H10BN5/c1-4-3-5-11-6(8-2)12-13(5)7(9)10-4/h3,8H,1-2H3,(H2,9,10). The molecule has 13 heavy (non-hydrogen) atoms. The number of hydrogen-bond acceptors (Lipinski definition) is 4. The molecule has 2 aromatic heterocycles. The van der Waals surface area contributed by atoms with Crippen LogP contribution in [0.1, 0.15) is 5.69 Å². The lowest BCUT2D eigenvalue weighted by Crippen LogP contribution is -2.15. The number of rotatable bonds is 1. The van der Waals surface area contributed by atoms with Crippen LogP contribution >= 0.6 is 0 Å². The maximum atomic E-state index is 5.67. The number of anilines is 1. The minimum atomic E-state index is 0.391. The summed E-state index contributed by atoms with van der Waals surface area (Å²) in [4.78, 5) is 8.37. The summed E-state index contributed by atoms with van der Waals surface area (Å²) in [5.74, 6) is 0.391. The van der Waals surface area contributed by atoms with Gasteiger partial charge in [0.1, 0.15) is 5.72 Å². The topological polar surface area (TPSA) is 69.1 Å². The summed E-state index contributed by atoms with van der Waals surface area (Å²) >= 11 is 0. The summed E-state index contributed by atoms with van der Waals surface area (Å²) in [6, 6.07) is 1.86.